The Morgan fingerprint density at radius 3 is 2.56 bits per heavy atom. The number of amides is 1. The van der Waals surface area contributed by atoms with E-state index in [1.54, 1.807) is 0 Å². The van der Waals surface area contributed by atoms with Crippen LogP contribution in [0, 0.1) is 0 Å². The molecule has 5 heteroatoms. The highest BCUT2D eigenvalue weighted by Gasteiger charge is 2.32. The molecule has 0 saturated carbocycles. The first-order chi connectivity index (χ1) is 8.55. The van der Waals surface area contributed by atoms with Crippen LogP contribution >= 0.6 is 11.8 Å². The van der Waals surface area contributed by atoms with Gasteiger partial charge in [-0.3, -0.25) is 9.69 Å². The zero-order valence-corrected chi connectivity index (χ0v) is 12.7. The number of nitrogens with one attached hydrogen (secondary N) is 1. The quantitative estimate of drug-likeness (QED) is 0.760. The zero-order chi connectivity index (χ0) is 13.6. The number of likely N-dealkylation sites (tertiary alicyclic amines) is 1. The third-order valence-corrected chi connectivity index (χ3v) is 5.40. The number of rotatable bonds is 6. The molecule has 0 radical (unpaired) electrons. The Balaban J connectivity index is 2.33. The van der Waals surface area contributed by atoms with Gasteiger partial charge in [0, 0.05) is 30.4 Å². The lowest BCUT2D eigenvalue weighted by atomic mass is 9.96. The first kappa shape index (κ1) is 15.8. The van der Waals surface area contributed by atoms with Gasteiger partial charge in [0.1, 0.15) is 0 Å². The fourth-order valence-electron chi connectivity index (χ4n) is 2.24. The van der Waals surface area contributed by atoms with Crippen LogP contribution in [-0.2, 0) is 4.79 Å². The summed E-state index contributed by atoms with van der Waals surface area (Å²) in [6, 6.07) is 0.275. The summed E-state index contributed by atoms with van der Waals surface area (Å²) >= 11 is 1.88. The molecule has 1 aliphatic heterocycles. The third-order valence-electron chi connectivity index (χ3n) is 3.96. The van der Waals surface area contributed by atoms with E-state index < -0.39 is 0 Å². The molecular weight excluding hydrogens is 246 g/mol. The molecule has 1 atom stereocenters. The predicted molar refractivity (Wildman–Crippen MR) is 78.9 cm³/mol. The SMILES string of the molecule is CCC(C)NC(=O)CN1CCC(CN)(SC)CC1. The summed E-state index contributed by atoms with van der Waals surface area (Å²) < 4.78 is 0.240. The van der Waals surface area contributed by atoms with E-state index in [2.05, 4.69) is 23.4 Å². The number of carbonyl (C=O) groups is 1. The molecule has 3 N–H and O–H groups in total. The first-order valence-electron chi connectivity index (χ1n) is 6.82. The smallest absolute Gasteiger partial charge is 0.234 e. The minimum atomic E-state index is 0.147. The van der Waals surface area contributed by atoms with Crippen molar-refractivity contribution < 1.29 is 4.79 Å². The van der Waals surface area contributed by atoms with Crippen LogP contribution in [0.4, 0.5) is 0 Å². The molecule has 0 bridgehead atoms. The molecule has 1 rings (SSSR count). The van der Waals surface area contributed by atoms with Crippen molar-refractivity contribution in [1.82, 2.24) is 10.2 Å². The van der Waals surface area contributed by atoms with Crippen molar-refractivity contribution in [3.05, 3.63) is 0 Å². The lowest BCUT2D eigenvalue weighted by Gasteiger charge is -2.39. The number of nitrogens with zero attached hydrogens (tertiary/aromatic N) is 1. The highest BCUT2D eigenvalue weighted by Crippen LogP contribution is 2.33. The highest BCUT2D eigenvalue weighted by atomic mass is 32.2. The maximum absolute atomic E-state index is 11.8. The number of piperidine rings is 1. The lowest BCUT2D eigenvalue weighted by Crippen LogP contribution is -2.49. The van der Waals surface area contributed by atoms with Crippen molar-refractivity contribution >= 4 is 17.7 Å². The Hall–Kier alpha value is -0.260. The van der Waals surface area contributed by atoms with Crippen molar-refractivity contribution in [1.29, 1.82) is 0 Å². The molecule has 0 spiro atoms. The van der Waals surface area contributed by atoms with E-state index in [0.717, 1.165) is 38.9 Å². The van der Waals surface area contributed by atoms with Crippen molar-refractivity contribution in [2.75, 3.05) is 32.4 Å². The molecule has 1 heterocycles. The Morgan fingerprint density at radius 1 is 1.50 bits per heavy atom. The maximum atomic E-state index is 11.8. The molecule has 1 aliphatic rings. The van der Waals surface area contributed by atoms with Gasteiger partial charge in [0.05, 0.1) is 6.54 Å². The Labute approximate surface area is 115 Å². The molecule has 4 nitrogen and oxygen atoms in total. The predicted octanol–water partition coefficient (Wildman–Crippen LogP) is 1.06. The Bertz CT molecular complexity index is 259. The average molecular weight is 273 g/mol. The molecule has 1 amide bonds. The summed E-state index contributed by atoms with van der Waals surface area (Å²) in [4.78, 5) is 14.0. The first-order valence-corrected chi connectivity index (χ1v) is 8.04. The van der Waals surface area contributed by atoms with Gasteiger partial charge in [-0.25, -0.2) is 0 Å². The van der Waals surface area contributed by atoms with Gasteiger partial charge >= 0.3 is 0 Å². The van der Waals surface area contributed by atoms with Crippen LogP contribution < -0.4 is 11.1 Å². The van der Waals surface area contributed by atoms with Gasteiger partial charge in [-0.2, -0.15) is 11.8 Å². The van der Waals surface area contributed by atoms with Gasteiger partial charge in [0.25, 0.3) is 0 Å². The third kappa shape index (κ3) is 4.44. The summed E-state index contributed by atoms with van der Waals surface area (Å²) in [5, 5.41) is 3.02. The van der Waals surface area contributed by atoms with Gasteiger partial charge < -0.3 is 11.1 Å². The number of thioether (sulfide) groups is 1. The summed E-state index contributed by atoms with van der Waals surface area (Å²) in [7, 11) is 0. The van der Waals surface area contributed by atoms with Crippen LogP contribution in [0.2, 0.25) is 0 Å². The van der Waals surface area contributed by atoms with Crippen LogP contribution in [0.1, 0.15) is 33.1 Å². The molecule has 18 heavy (non-hydrogen) atoms. The molecule has 0 aromatic heterocycles. The Kier molecular flexibility index (Phi) is 6.46. The van der Waals surface area contributed by atoms with E-state index in [1.807, 2.05) is 18.7 Å². The minimum Gasteiger partial charge on any atom is -0.353 e. The number of hydrogen-bond donors (Lipinski definition) is 2. The van der Waals surface area contributed by atoms with Crippen molar-refractivity contribution in [2.45, 2.75) is 43.9 Å². The Morgan fingerprint density at radius 2 is 2.11 bits per heavy atom. The second-order valence-electron chi connectivity index (χ2n) is 5.24. The van der Waals surface area contributed by atoms with E-state index in [1.165, 1.54) is 0 Å². The summed E-state index contributed by atoms with van der Waals surface area (Å²) in [6.45, 7) is 7.35. The monoisotopic (exact) mass is 273 g/mol. The van der Waals surface area contributed by atoms with Crippen molar-refractivity contribution in [2.24, 2.45) is 5.73 Å². The molecule has 0 aromatic rings. The molecular formula is C13H27N3OS. The molecule has 1 saturated heterocycles. The molecule has 1 fully saturated rings. The van der Waals surface area contributed by atoms with Crippen LogP contribution in [0.3, 0.4) is 0 Å². The molecule has 106 valence electrons. The van der Waals surface area contributed by atoms with E-state index in [4.69, 9.17) is 5.73 Å². The average Bonchev–Trinajstić information content (AvgIpc) is 2.39. The number of hydrogen-bond acceptors (Lipinski definition) is 4. The van der Waals surface area contributed by atoms with E-state index in [9.17, 15) is 4.79 Å². The highest BCUT2D eigenvalue weighted by molar-refractivity contribution is 8.00. The van der Waals surface area contributed by atoms with E-state index >= 15 is 0 Å². The normalized spacial score (nSPS) is 21.6. The van der Waals surface area contributed by atoms with Gasteiger partial charge in [0.2, 0.25) is 5.91 Å². The second kappa shape index (κ2) is 7.36. The van der Waals surface area contributed by atoms with Crippen LogP contribution in [0.25, 0.3) is 0 Å². The lowest BCUT2D eigenvalue weighted by molar-refractivity contribution is -0.123. The van der Waals surface area contributed by atoms with Gasteiger partial charge in [-0.1, -0.05) is 6.92 Å². The van der Waals surface area contributed by atoms with Crippen LogP contribution in [0.5, 0.6) is 0 Å². The fourth-order valence-corrected chi connectivity index (χ4v) is 2.99. The second-order valence-corrected chi connectivity index (χ2v) is 6.52. The van der Waals surface area contributed by atoms with E-state index in [-0.39, 0.29) is 16.7 Å². The largest absolute Gasteiger partial charge is 0.353 e. The van der Waals surface area contributed by atoms with E-state index in [0.29, 0.717) is 6.54 Å². The van der Waals surface area contributed by atoms with Gasteiger partial charge in [-0.05, 0) is 32.4 Å². The maximum Gasteiger partial charge on any atom is 0.234 e. The zero-order valence-electron chi connectivity index (χ0n) is 11.9. The fraction of sp³-hybridized carbons (Fsp3) is 0.923. The molecule has 0 aliphatic carbocycles. The van der Waals surface area contributed by atoms with Crippen molar-refractivity contribution in [3.8, 4) is 0 Å². The standard InChI is InChI=1S/C13H27N3OS/c1-4-11(2)15-12(17)9-16-7-5-13(10-14,18-3)6-8-16/h11H,4-10,14H2,1-3H3,(H,15,17). The number of carbonyl (C=O) groups excluding carboxylic acids is 1. The van der Waals surface area contributed by atoms with Gasteiger partial charge in [0.15, 0.2) is 0 Å². The summed E-state index contributed by atoms with van der Waals surface area (Å²) in [5.74, 6) is 0.147. The van der Waals surface area contributed by atoms with Crippen molar-refractivity contribution in [3.63, 3.8) is 0 Å². The molecule has 1 unspecified atom stereocenters. The summed E-state index contributed by atoms with van der Waals surface area (Å²) in [6.07, 6.45) is 5.29. The minimum absolute atomic E-state index is 0.147. The topological polar surface area (TPSA) is 58.4 Å². The van der Waals surface area contributed by atoms with Crippen LogP contribution in [-0.4, -0.2) is 54.0 Å². The molecule has 0 aromatic carbocycles. The summed E-state index contributed by atoms with van der Waals surface area (Å²) in [5.41, 5.74) is 5.86. The number of nitrogens with two attached hydrogens (primary N) is 1. The van der Waals surface area contributed by atoms with Gasteiger partial charge in [-0.15, -0.1) is 0 Å². The van der Waals surface area contributed by atoms with Crippen LogP contribution in [0.15, 0.2) is 0 Å².